The number of nitrogens with one attached hydrogen (secondary N) is 1. The molecule has 23 heavy (non-hydrogen) atoms. The van der Waals surface area contributed by atoms with E-state index in [0.717, 1.165) is 11.4 Å². The average Bonchev–Trinajstić information content (AvgIpc) is 2.78. The summed E-state index contributed by atoms with van der Waals surface area (Å²) in [6.45, 7) is 4.40. The number of esters is 1. The fourth-order valence-corrected chi connectivity index (χ4v) is 2.38. The van der Waals surface area contributed by atoms with Gasteiger partial charge in [-0.2, -0.15) is 10.1 Å². The summed E-state index contributed by atoms with van der Waals surface area (Å²) >= 11 is 6.10. The van der Waals surface area contributed by atoms with Crippen LogP contribution in [0, 0.1) is 6.92 Å². The highest BCUT2D eigenvalue weighted by Crippen LogP contribution is 2.23. The summed E-state index contributed by atoms with van der Waals surface area (Å²) in [5.41, 5.74) is 7.97. The van der Waals surface area contributed by atoms with Crippen LogP contribution in [0.5, 0.6) is 0 Å². The van der Waals surface area contributed by atoms with Gasteiger partial charge in [0.1, 0.15) is 11.0 Å². The van der Waals surface area contributed by atoms with Gasteiger partial charge in [-0.05, 0) is 19.9 Å². The largest absolute Gasteiger partial charge is 0.466 e. The van der Waals surface area contributed by atoms with E-state index < -0.39 is 5.97 Å². The Labute approximate surface area is 139 Å². The van der Waals surface area contributed by atoms with E-state index in [1.54, 1.807) is 11.6 Å². The van der Waals surface area contributed by atoms with Crippen LogP contribution in [0.15, 0.2) is 6.07 Å². The number of nitrogen functional groups attached to an aromatic ring is 1. The molecule has 0 aliphatic carbocycles. The lowest BCUT2D eigenvalue weighted by Crippen LogP contribution is -2.14. The second-order valence-corrected chi connectivity index (χ2v) is 5.29. The number of anilines is 2. The van der Waals surface area contributed by atoms with Crippen molar-refractivity contribution in [2.75, 3.05) is 17.7 Å². The molecule has 0 bridgehead atoms. The lowest BCUT2D eigenvalue weighted by atomic mass is 10.2. The maximum Gasteiger partial charge on any atom is 0.310 e. The normalized spacial score (nSPS) is 10.6. The van der Waals surface area contributed by atoms with Gasteiger partial charge in [0.2, 0.25) is 5.95 Å². The van der Waals surface area contributed by atoms with E-state index in [4.69, 9.17) is 22.1 Å². The minimum atomic E-state index is -0.401. The predicted octanol–water partition coefficient (Wildman–Crippen LogP) is 1.47. The number of hydrogen-bond donors (Lipinski definition) is 2. The van der Waals surface area contributed by atoms with Crippen molar-refractivity contribution in [2.45, 2.75) is 26.8 Å². The Morgan fingerprint density at radius 3 is 2.83 bits per heavy atom. The van der Waals surface area contributed by atoms with Crippen LogP contribution in [0.4, 0.5) is 11.8 Å². The zero-order chi connectivity index (χ0) is 17.0. The van der Waals surface area contributed by atoms with Crippen LogP contribution in [-0.4, -0.2) is 32.3 Å². The van der Waals surface area contributed by atoms with E-state index in [-0.39, 0.29) is 17.5 Å². The van der Waals surface area contributed by atoms with Gasteiger partial charge in [0.05, 0.1) is 31.0 Å². The zero-order valence-corrected chi connectivity index (χ0v) is 14.0. The first-order chi connectivity index (χ1) is 10.9. The lowest BCUT2D eigenvalue weighted by Gasteiger charge is -2.12. The molecule has 0 spiro atoms. The van der Waals surface area contributed by atoms with Gasteiger partial charge in [0.15, 0.2) is 0 Å². The second kappa shape index (κ2) is 7.28. The van der Waals surface area contributed by atoms with Crippen molar-refractivity contribution in [2.24, 2.45) is 7.05 Å². The quantitative estimate of drug-likeness (QED) is 0.606. The summed E-state index contributed by atoms with van der Waals surface area (Å²) in [5.74, 6) is 0.0444. The van der Waals surface area contributed by atoms with Crippen LogP contribution < -0.4 is 11.1 Å². The molecular weight excluding hydrogens is 320 g/mol. The fourth-order valence-electron chi connectivity index (χ4n) is 2.14. The summed E-state index contributed by atoms with van der Waals surface area (Å²) in [7, 11) is 1.85. The number of carbonyl (C=O) groups excluding carboxylic acids is 1. The van der Waals surface area contributed by atoms with Crippen molar-refractivity contribution < 1.29 is 9.53 Å². The number of nitrogens with zero attached hydrogens (tertiary/aromatic N) is 4. The third-order valence-corrected chi connectivity index (χ3v) is 3.45. The molecule has 0 aliphatic heterocycles. The molecule has 0 radical (unpaired) electrons. The lowest BCUT2D eigenvalue weighted by molar-refractivity contribution is -0.142. The molecule has 0 amide bonds. The van der Waals surface area contributed by atoms with Gasteiger partial charge in [0.25, 0.3) is 0 Å². The first-order valence-corrected chi connectivity index (χ1v) is 7.49. The van der Waals surface area contributed by atoms with E-state index in [1.165, 1.54) is 0 Å². The molecule has 2 aromatic rings. The first-order valence-electron chi connectivity index (χ1n) is 7.11. The minimum absolute atomic E-state index is 0.0281. The SMILES string of the molecule is CCOC(=O)Cc1c(Cl)nc(N)nc1NCc1cc(C)nn1C. The third-order valence-electron chi connectivity index (χ3n) is 3.14. The number of halogens is 1. The van der Waals surface area contributed by atoms with Crippen molar-refractivity contribution in [3.8, 4) is 0 Å². The summed E-state index contributed by atoms with van der Waals surface area (Å²) < 4.78 is 6.71. The van der Waals surface area contributed by atoms with Crippen LogP contribution in [0.1, 0.15) is 23.9 Å². The molecule has 0 fully saturated rings. The highest BCUT2D eigenvalue weighted by atomic mass is 35.5. The number of aromatic nitrogens is 4. The average molecular weight is 339 g/mol. The molecule has 0 saturated carbocycles. The van der Waals surface area contributed by atoms with Gasteiger partial charge in [0, 0.05) is 12.6 Å². The Morgan fingerprint density at radius 1 is 1.48 bits per heavy atom. The first kappa shape index (κ1) is 17.0. The van der Waals surface area contributed by atoms with Gasteiger partial charge in [-0.25, -0.2) is 4.98 Å². The van der Waals surface area contributed by atoms with Crippen molar-refractivity contribution in [1.82, 2.24) is 19.7 Å². The van der Waals surface area contributed by atoms with Crippen molar-refractivity contribution in [3.05, 3.63) is 28.2 Å². The van der Waals surface area contributed by atoms with Gasteiger partial charge in [-0.15, -0.1) is 0 Å². The molecule has 2 rings (SSSR count). The molecule has 2 heterocycles. The van der Waals surface area contributed by atoms with E-state index in [2.05, 4.69) is 20.4 Å². The summed E-state index contributed by atoms with van der Waals surface area (Å²) in [4.78, 5) is 19.7. The van der Waals surface area contributed by atoms with Gasteiger partial charge >= 0.3 is 5.97 Å². The Hall–Kier alpha value is -2.35. The number of carbonyl (C=O) groups is 1. The van der Waals surface area contributed by atoms with Crippen molar-refractivity contribution in [3.63, 3.8) is 0 Å². The Bertz CT molecular complexity index is 716. The number of nitrogens with two attached hydrogens (primary N) is 1. The van der Waals surface area contributed by atoms with Crippen LogP contribution in [-0.2, 0) is 29.5 Å². The number of rotatable bonds is 6. The predicted molar refractivity (Wildman–Crippen MR) is 87.1 cm³/mol. The molecular formula is C14H19ClN6O2. The smallest absolute Gasteiger partial charge is 0.310 e. The highest BCUT2D eigenvalue weighted by molar-refractivity contribution is 6.30. The molecule has 0 saturated heterocycles. The minimum Gasteiger partial charge on any atom is -0.466 e. The summed E-state index contributed by atoms with van der Waals surface area (Å²) in [6, 6.07) is 1.95. The Balaban J connectivity index is 2.22. The molecule has 0 unspecified atom stereocenters. The molecule has 8 nitrogen and oxygen atoms in total. The van der Waals surface area contributed by atoms with Crippen LogP contribution in [0.2, 0.25) is 5.15 Å². The van der Waals surface area contributed by atoms with E-state index in [0.29, 0.717) is 24.5 Å². The summed E-state index contributed by atoms with van der Waals surface area (Å²) in [6.07, 6.45) is -0.0281. The second-order valence-electron chi connectivity index (χ2n) is 4.94. The fraction of sp³-hybridized carbons (Fsp3) is 0.429. The summed E-state index contributed by atoms with van der Waals surface area (Å²) in [5, 5.41) is 7.53. The molecule has 2 aromatic heterocycles. The van der Waals surface area contributed by atoms with Gasteiger partial charge < -0.3 is 15.8 Å². The molecule has 0 aromatic carbocycles. The highest BCUT2D eigenvalue weighted by Gasteiger charge is 2.17. The number of aryl methyl sites for hydroxylation is 2. The molecule has 9 heteroatoms. The molecule has 3 N–H and O–H groups in total. The maximum atomic E-state index is 11.7. The topological polar surface area (TPSA) is 108 Å². The van der Waals surface area contributed by atoms with Crippen molar-refractivity contribution >= 4 is 29.3 Å². The van der Waals surface area contributed by atoms with Crippen molar-refractivity contribution in [1.29, 1.82) is 0 Å². The Morgan fingerprint density at radius 2 is 2.22 bits per heavy atom. The van der Waals surface area contributed by atoms with Crippen LogP contribution >= 0.6 is 11.6 Å². The molecule has 124 valence electrons. The number of hydrogen-bond acceptors (Lipinski definition) is 7. The monoisotopic (exact) mass is 338 g/mol. The third kappa shape index (κ3) is 4.32. The van der Waals surface area contributed by atoms with E-state index in [1.807, 2.05) is 20.0 Å². The standard InChI is InChI=1S/C14H19ClN6O2/c1-4-23-11(22)6-10-12(15)18-14(16)19-13(10)17-7-9-5-8(2)20-21(9)3/h5H,4,6-7H2,1-3H3,(H3,16,17,18,19). The van der Waals surface area contributed by atoms with Crippen LogP contribution in [0.3, 0.4) is 0 Å². The molecule has 0 atom stereocenters. The van der Waals surface area contributed by atoms with Gasteiger partial charge in [-0.1, -0.05) is 11.6 Å². The molecule has 0 aliphatic rings. The number of ether oxygens (including phenoxy) is 1. The van der Waals surface area contributed by atoms with E-state index in [9.17, 15) is 4.79 Å². The maximum absolute atomic E-state index is 11.7. The zero-order valence-electron chi connectivity index (χ0n) is 13.3. The van der Waals surface area contributed by atoms with E-state index >= 15 is 0 Å². The van der Waals surface area contributed by atoms with Gasteiger partial charge in [-0.3, -0.25) is 9.48 Å². The Kier molecular flexibility index (Phi) is 5.38. The van der Waals surface area contributed by atoms with Crippen LogP contribution in [0.25, 0.3) is 0 Å².